The summed E-state index contributed by atoms with van der Waals surface area (Å²) < 4.78 is 0. The number of aliphatic carboxylic acids is 1. The molecule has 0 saturated heterocycles. The number of hydrogen-bond donors (Lipinski definition) is 2. The molecule has 0 fully saturated rings. The van der Waals surface area contributed by atoms with Crippen LogP contribution < -0.4 is 5.32 Å². The van der Waals surface area contributed by atoms with Gasteiger partial charge in [0.2, 0.25) is 0 Å². The normalized spacial score (nSPS) is 11.0. The maximum absolute atomic E-state index is 12.1. The molecule has 8 heteroatoms. The van der Waals surface area contributed by atoms with Crippen molar-refractivity contribution in [1.29, 1.82) is 0 Å². The smallest absolute Gasteiger partial charge is 0.352 e. The molecule has 0 radical (unpaired) electrons. The maximum atomic E-state index is 12.1. The average molecular weight is 347 g/mol. The van der Waals surface area contributed by atoms with Crippen LogP contribution in [0.1, 0.15) is 15.9 Å². The van der Waals surface area contributed by atoms with Crippen molar-refractivity contribution in [3.05, 3.63) is 80.5 Å². The molecule has 0 bridgehead atoms. The number of halogens is 1. The Morgan fingerprint density at radius 1 is 1.12 bits per heavy atom. The lowest BCUT2D eigenvalue weighted by Crippen LogP contribution is -2.27. The van der Waals surface area contributed by atoms with Crippen LogP contribution in [0.4, 0.5) is 5.69 Å². The summed E-state index contributed by atoms with van der Waals surface area (Å²) in [5.74, 6) is -2.02. The number of benzene rings is 2. The van der Waals surface area contributed by atoms with E-state index in [0.717, 1.165) is 0 Å². The summed E-state index contributed by atoms with van der Waals surface area (Å²) in [5.41, 5.74) is 0.0189. The van der Waals surface area contributed by atoms with Gasteiger partial charge in [0.1, 0.15) is 5.70 Å². The van der Waals surface area contributed by atoms with E-state index in [1.165, 1.54) is 42.5 Å². The highest BCUT2D eigenvalue weighted by atomic mass is 35.5. The average Bonchev–Trinajstić information content (AvgIpc) is 2.54. The second-order valence-electron chi connectivity index (χ2n) is 4.65. The van der Waals surface area contributed by atoms with Gasteiger partial charge in [-0.1, -0.05) is 23.7 Å². The van der Waals surface area contributed by atoms with E-state index < -0.39 is 16.8 Å². The number of nitro benzene ring substituents is 1. The first-order chi connectivity index (χ1) is 11.4. The van der Waals surface area contributed by atoms with Crippen molar-refractivity contribution < 1.29 is 19.6 Å². The molecule has 0 aliphatic carbocycles. The second kappa shape index (κ2) is 7.38. The standard InChI is InChI=1S/C16H11ClN2O5/c17-13-4-2-1-3-12(13)15(20)18-14(16(21)22)9-10-5-7-11(8-6-10)19(23)24/h1-9H,(H,18,20)(H,21,22). The van der Waals surface area contributed by atoms with E-state index in [1.54, 1.807) is 12.1 Å². The van der Waals surface area contributed by atoms with Gasteiger partial charge >= 0.3 is 5.97 Å². The highest BCUT2D eigenvalue weighted by molar-refractivity contribution is 6.34. The summed E-state index contributed by atoms with van der Waals surface area (Å²) in [6.07, 6.45) is 1.20. The molecule has 0 saturated carbocycles. The second-order valence-corrected chi connectivity index (χ2v) is 5.05. The highest BCUT2D eigenvalue weighted by Crippen LogP contribution is 2.16. The van der Waals surface area contributed by atoms with Crippen molar-refractivity contribution in [2.24, 2.45) is 0 Å². The number of nitrogens with zero attached hydrogens (tertiary/aromatic N) is 1. The molecule has 0 aliphatic heterocycles. The van der Waals surface area contributed by atoms with Gasteiger partial charge in [-0.05, 0) is 35.9 Å². The van der Waals surface area contributed by atoms with Crippen LogP contribution in [0.15, 0.2) is 54.2 Å². The van der Waals surface area contributed by atoms with Crippen molar-refractivity contribution in [2.45, 2.75) is 0 Å². The molecular weight excluding hydrogens is 336 g/mol. The van der Waals surface area contributed by atoms with E-state index in [4.69, 9.17) is 11.6 Å². The number of hydrogen-bond acceptors (Lipinski definition) is 4. The maximum Gasteiger partial charge on any atom is 0.352 e. The zero-order chi connectivity index (χ0) is 17.7. The van der Waals surface area contributed by atoms with Gasteiger partial charge in [0.05, 0.1) is 15.5 Å². The van der Waals surface area contributed by atoms with Gasteiger partial charge in [0.25, 0.3) is 11.6 Å². The summed E-state index contributed by atoms with van der Waals surface area (Å²) in [6, 6.07) is 11.4. The minimum absolute atomic E-state index is 0.121. The zero-order valence-corrected chi connectivity index (χ0v) is 12.9. The number of carbonyl (C=O) groups excluding carboxylic acids is 1. The minimum Gasteiger partial charge on any atom is -0.477 e. The third-order valence-corrected chi connectivity index (χ3v) is 3.34. The van der Waals surface area contributed by atoms with Crippen LogP contribution in [-0.4, -0.2) is 21.9 Å². The molecule has 24 heavy (non-hydrogen) atoms. The topological polar surface area (TPSA) is 110 Å². The molecule has 1 amide bonds. The molecule has 0 aliphatic rings. The summed E-state index contributed by atoms with van der Waals surface area (Å²) in [5, 5.41) is 22.3. The Morgan fingerprint density at radius 2 is 1.75 bits per heavy atom. The van der Waals surface area contributed by atoms with Crippen LogP contribution >= 0.6 is 11.6 Å². The van der Waals surface area contributed by atoms with Crippen LogP contribution in [0.25, 0.3) is 6.08 Å². The van der Waals surface area contributed by atoms with Crippen LogP contribution in [-0.2, 0) is 4.79 Å². The number of non-ortho nitro benzene ring substituents is 1. The third kappa shape index (κ3) is 4.17. The number of amides is 1. The molecule has 2 aromatic rings. The van der Waals surface area contributed by atoms with E-state index in [9.17, 15) is 24.8 Å². The lowest BCUT2D eigenvalue weighted by atomic mass is 10.1. The van der Waals surface area contributed by atoms with Gasteiger partial charge in [-0.3, -0.25) is 14.9 Å². The van der Waals surface area contributed by atoms with Gasteiger partial charge in [-0.2, -0.15) is 0 Å². The molecule has 122 valence electrons. The van der Waals surface area contributed by atoms with Crippen LogP contribution in [0.2, 0.25) is 5.02 Å². The van der Waals surface area contributed by atoms with Gasteiger partial charge in [0.15, 0.2) is 0 Å². The SMILES string of the molecule is O=C(O)C(=Cc1ccc([N+](=O)[O-])cc1)NC(=O)c1ccccc1Cl. The van der Waals surface area contributed by atoms with E-state index in [2.05, 4.69) is 5.32 Å². The van der Waals surface area contributed by atoms with Crippen LogP contribution in [0.5, 0.6) is 0 Å². The fraction of sp³-hybridized carbons (Fsp3) is 0. The molecule has 2 rings (SSSR count). The summed E-state index contributed by atoms with van der Waals surface area (Å²) >= 11 is 5.90. The van der Waals surface area contributed by atoms with Crippen molar-refractivity contribution in [3.63, 3.8) is 0 Å². The number of rotatable bonds is 5. The zero-order valence-electron chi connectivity index (χ0n) is 12.1. The monoisotopic (exact) mass is 346 g/mol. The first kappa shape index (κ1) is 17.2. The number of nitrogens with one attached hydrogen (secondary N) is 1. The Morgan fingerprint density at radius 3 is 2.29 bits per heavy atom. The molecule has 0 heterocycles. The van der Waals surface area contributed by atoms with Gasteiger partial charge in [0, 0.05) is 12.1 Å². The van der Waals surface area contributed by atoms with E-state index in [0.29, 0.717) is 5.56 Å². The quantitative estimate of drug-likeness (QED) is 0.491. The Labute approximate surface area is 141 Å². The molecular formula is C16H11ClN2O5. The van der Waals surface area contributed by atoms with Crippen LogP contribution in [0.3, 0.4) is 0 Å². The first-order valence-electron chi connectivity index (χ1n) is 6.64. The lowest BCUT2D eigenvalue weighted by Gasteiger charge is -2.07. The van der Waals surface area contributed by atoms with Crippen LogP contribution in [0, 0.1) is 10.1 Å². The fourth-order valence-electron chi connectivity index (χ4n) is 1.85. The molecule has 0 atom stereocenters. The number of carbonyl (C=O) groups is 2. The predicted octanol–water partition coefficient (Wildman–Crippen LogP) is 3.10. The largest absolute Gasteiger partial charge is 0.477 e. The van der Waals surface area contributed by atoms with E-state index in [1.807, 2.05) is 0 Å². The molecule has 0 aromatic heterocycles. The molecule has 0 spiro atoms. The number of nitro groups is 1. The van der Waals surface area contributed by atoms with Crippen molar-refractivity contribution >= 4 is 35.2 Å². The summed E-state index contributed by atoms with van der Waals surface area (Å²) in [4.78, 5) is 33.5. The summed E-state index contributed by atoms with van der Waals surface area (Å²) in [6.45, 7) is 0. The van der Waals surface area contributed by atoms with Gasteiger partial charge in [-0.25, -0.2) is 4.79 Å². The Kier molecular flexibility index (Phi) is 5.28. The molecule has 2 N–H and O–H groups in total. The van der Waals surface area contributed by atoms with Gasteiger partial charge < -0.3 is 10.4 Å². The first-order valence-corrected chi connectivity index (χ1v) is 7.01. The predicted molar refractivity (Wildman–Crippen MR) is 87.6 cm³/mol. The number of carboxylic acids is 1. The molecule has 2 aromatic carbocycles. The lowest BCUT2D eigenvalue weighted by molar-refractivity contribution is -0.384. The van der Waals surface area contributed by atoms with E-state index in [-0.39, 0.29) is 22.0 Å². The summed E-state index contributed by atoms with van der Waals surface area (Å²) in [7, 11) is 0. The molecule has 7 nitrogen and oxygen atoms in total. The van der Waals surface area contributed by atoms with Crippen molar-refractivity contribution in [2.75, 3.05) is 0 Å². The highest BCUT2D eigenvalue weighted by Gasteiger charge is 2.15. The van der Waals surface area contributed by atoms with E-state index >= 15 is 0 Å². The minimum atomic E-state index is -1.35. The Bertz CT molecular complexity index is 831. The fourth-order valence-corrected chi connectivity index (χ4v) is 2.07. The van der Waals surface area contributed by atoms with Gasteiger partial charge in [-0.15, -0.1) is 0 Å². The molecule has 0 unspecified atom stereocenters. The third-order valence-electron chi connectivity index (χ3n) is 3.01. The van der Waals surface area contributed by atoms with Crippen molar-refractivity contribution in [3.8, 4) is 0 Å². The van der Waals surface area contributed by atoms with Crippen molar-refractivity contribution in [1.82, 2.24) is 5.32 Å². The Hall–Kier alpha value is -3.19. The number of carboxylic acid groups (broad SMARTS) is 1. The Balaban J connectivity index is 2.26.